The van der Waals surface area contributed by atoms with Gasteiger partial charge in [0, 0.05) is 44.5 Å². The van der Waals surface area contributed by atoms with E-state index in [0.29, 0.717) is 16.9 Å². The zero-order valence-electron chi connectivity index (χ0n) is 23.1. The van der Waals surface area contributed by atoms with Crippen LogP contribution in [-0.2, 0) is 17.1 Å². The van der Waals surface area contributed by atoms with Crippen LogP contribution >= 0.6 is 0 Å². The number of aliphatic hydroxyl groups is 1. The van der Waals surface area contributed by atoms with E-state index in [-0.39, 0.29) is 48.0 Å². The van der Waals surface area contributed by atoms with Crippen molar-refractivity contribution < 1.29 is 27.8 Å². The molecule has 1 aliphatic heterocycles. The molecule has 1 aliphatic rings. The summed E-state index contributed by atoms with van der Waals surface area (Å²) in [5.74, 6) is 6.12. The number of hydrogen-bond acceptors (Lipinski definition) is 8. The highest BCUT2D eigenvalue weighted by Gasteiger charge is 2.36. The standard InChI is InChI=1S/C28H33N5O6S/c1-19-14-33(20(2)17-34)28(35)23-12-21(10-11-22-8-6-7-9-24(22)38-5)13-29-27(23)39-25(19)15-32(4)40(36,37)26-16-31(3)18-30-26/h6-9,12-13,16,18-20,25,34H,14-15,17H2,1-5H3/t19-,20+,25-/m0/s1. The summed E-state index contributed by atoms with van der Waals surface area (Å²) >= 11 is 0. The number of para-hydroxylation sites is 1. The van der Waals surface area contributed by atoms with Gasteiger partial charge < -0.3 is 24.0 Å². The zero-order chi connectivity index (χ0) is 29.0. The van der Waals surface area contributed by atoms with Gasteiger partial charge in [0.1, 0.15) is 17.4 Å². The molecule has 0 radical (unpaired) electrons. The Hall–Kier alpha value is -3.92. The van der Waals surface area contributed by atoms with Crippen molar-refractivity contribution in [3.05, 3.63) is 65.7 Å². The predicted octanol–water partition coefficient (Wildman–Crippen LogP) is 1.76. The third-order valence-electron chi connectivity index (χ3n) is 6.76. The first-order chi connectivity index (χ1) is 19.0. The molecule has 0 bridgehead atoms. The second-order valence-electron chi connectivity index (χ2n) is 9.81. The molecule has 1 aromatic carbocycles. The van der Waals surface area contributed by atoms with Gasteiger partial charge in [-0.3, -0.25) is 4.79 Å². The van der Waals surface area contributed by atoms with Crippen molar-refractivity contribution in [3.8, 4) is 23.5 Å². The van der Waals surface area contributed by atoms with Crippen molar-refractivity contribution in [1.82, 2.24) is 23.7 Å². The zero-order valence-corrected chi connectivity index (χ0v) is 23.9. The summed E-state index contributed by atoms with van der Waals surface area (Å²) in [6.45, 7) is 3.60. The topological polar surface area (TPSA) is 127 Å². The van der Waals surface area contributed by atoms with Gasteiger partial charge in [-0.2, -0.15) is 4.31 Å². The highest BCUT2D eigenvalue weighted by atomic mass is 32.2. The maximum atomic E-state index is 13.6. The van der Waals surface area contributed by atoms with Gasteiger partial charge >= 0.3 is 0 Å². The van der Waals surface area contributed by atoms with E-state index in [1.807, 2.05) is 25.1 Å². The number of aliphatic hydroxyl groups excluding tert-OH is 1. The molecular weight excluding hydrogens is 534 g/mol. The Morgan fingerprint density at radius 3 is 2.70 bits per heavy atom. The fourth-order valence-corrected chi connectivity index (χ4v) is 5.45. The van der Waals surface area contributed by atoms with Crippen molar-refractivity contribution in [2.75, 3.05) is 33.9 Å². The van der Waals surface area contributed by atoms with E-state index in [2.05, 4.69) is 21.8 Å². The minimum atomic E-state index is -3.88. The number of carbonyl (C=O) groups is 1. The number of nitrogens with zero attached hydrogens (tertiary/aromatic N) is 5. The lowest BCUT2D eigenvalue weighted by atomic mass is 10.0. The van der Waals surface area contributed by atoms with E-state index < -0.39 is 22.2 Å². The van der Waals surface area contributed by atoms with Crippen LogP contribution in [0.1, 0.15) is 35.3 Å². The number of pyridine rings is 1. The average molecular weight is 568 g/mol. The van der Waals surface area contributed by atoms with Crippen LogP contribution in [-0.4, -0.2) is 89.2 Å². The van der Waals surface area contributed by atoms with Crippen LogP contribution < -0.4 is 9.47 Å². The number of methoxy groups -OCH3 is 1. The van der Waals surface area contributed by atoms with Crippen LogP contribution in [0.15, 0.2) is 54.1 Å². The summed E-state index contributed by atoms with van der Waals surface area (Å²) in [6, 6.07) is 8.45. The molecule has 3 aromatic rings. The Morgan fingerprint density at radius 1 is 1.27 bits per heavy atom. The van der Waals surface area contributed by atoms with Crippen LogP contribution in [0, 0.1) is 17.8 Å². The van der Waals surface area contributed by atoms with Gasteiger partial charge in [-0.05, 0) is 25.1 Å². The molecule has 212 valence electrons. The van der Waals surface area contributed by atoms with Crippen molar-refractivity contribution in [1.29, 1.82) is 0 Å². The molecule has 0 saturated carbocycles. The molecule has 3 heterocycles. The number of benzene rings is 1. The van der Waals surface area contributed by atoms with Crippen LogP contribution in [0.3, 0.4) is 0 Å². The quantitative estimate of drug-likeness (QED) is 0.428. The Kier molecular flexibility index (Phi) is 8.78. The van der Waals surface area contributed by atoms with Gasteiger partial charge in [0.25, 0.3) is 15.9 Å². The number of sulfonamides is 1. The molecule has 2 aromatic heterocycles. The highest BCUT2D eigenvalue weighted by molar-refractivity contribution is 7.89. The van der Waals surface area contributed by atoms with Gasteiger partial charge in [-0.1, -0.05) is 30.9 Å². The summed E-state index contributed by atoms with van der Waals surface area (Å²) < 4.78 is 40.6. The van der Waals surface area contributed by atoms with Crippen LogP contribution in [0.25, 0.3) is 0 Å². The molecular formula is C28H33N5O6S. The van der Waals surface area contributed by atoms with E-state index in [1.54, 1.807) is 42.7 Å². The third-order valence-corrected chi connectivity index (χ3v) is 8.47. The average Bonchev–Trinajstić information content (AvgIpc) is 3.40. The first-order valence-electron chi connectivity index (χ1n) is 12.7. The molecule has 1 amide bonds. The van der Waals surface area contributed by atoms with Crippen molar-refractivity contribution in [3.63, 3.8) is 0 Å². The van der Waals surface area contributed by atoms with Crippen LogP contribution in [0.4, 0.5) is 0 Å². The smallest absolute Gasteiger partial charge is 0.261 e. The Morgan fingerprint density at radius 2 is 2.02 bits per heavy atom. The highest BCUT2D eigenvalue weighted by Crippen LogP contribution is 2.28. The van der Waals surface area contributed by atoms with Crippen molar-refractivity contribution in [2.24, 2.45) is 13.0 Å². The lowest BCUT2D eigenvalue weighted by Gasteiger charge is -2.37. The number of fused-ring (bicyclic) bond motifs is 1. The molecule has 0 aliphatic carbocycles. The number of likely N-dealkylation sites (N-methyl/N-ethyl adjacent to an activating group) is 1. The second-order valence-corrected chi connectivity index (χ2v) is 11.8. The normalized spacial score (nSPS) is 18.2. The maximum Gasteiger partial charge on any atom is 0.261 e. The molecule has 11 nitrogen and oxygen atoms in total. The number of aryl methyl sites for hydroxylation is 1. The number of imidazole rings is 1. The number of aromatic nitrogens is 3. The van der Waals surface area contributed by atoms with Gasteiger partial charge in [0.05, 0.1) is 38.2 Å². The number of ether oxygens (including phenoxy) is 2. The predicted molar refractivity (Wildman–Crippen MR) is 147 cm³/mol. The lowest BCUT2D eigenvalue weighted by Crippen LogP contribution is -2.50. The molecule has 12 heteroatoms. The minimum absolute atomic E-state index is 0.00785. The van der Waals surface area contributed by atoms with Crippen LogP contribution in [0.2, 0.25) is 0 Å². The summed E-state index contributed by atoms with van der Waals surface area (Å²) in [5.41, 5.74) is 1.35. The van der Waals surface area contributed by atoms with Gasteiger partial charge in [0.15, 0.2) is 5.03 Å². The second kappa shape index (κ2) is 12.1. The fourth-order valence-electron chi connectivity index (χ4n) is 4.31. The molecule has 40 heavy (non-hydrogen) atoms. The Balaban J connectivity index is 1.69. The minimum Gasteiger partial charge on any atom is -0.495 e. The monoisotopic (exact) mass is 567 g/mol. The van der Waals surface area contributed by atoms with Crippen molar-refractivity contribution >= 4 is 15.9 Å². The molecule has 0 spiro atoms. The molecule has 0 unspecified atom stereocenters. The summed E-state index contributed by atoms with van der Waals surface area (Å²) in [6.07, 6.45) is 3.71. The van der Waals surface area contributed by atoms with E-state index in [1.165, 1.54) is 30.1 Å². The Labute approximate surface area is 234 Å². The summed E-state index contributed by atoms with van der Waals surface area (Å²) in [4.78, 5) is 23.6. The van der Waals surface area contributed by atoms with Gasteiger partial charge in [-0.15, -0.1) is 0 Å². The van der Waals surface area contributed by atoms with E-state index in [9.17, 15) is 18.3 Å². The van der Waals surface area contributed by atoms with Gasteiger partial charge in [-0.25, -0.2) is 18.4 Å². The first-order valence-corrected chi connectivity index (χ1v) is 14.2. The van der Waals surface area contributed by atoms with Crippen LogP contribution in [0.5, 0.6) is 11.6 Å². The van der Waals surface area contributed by atoms with E-state index >= 15 is 0 Å². The summed E-state index contributed by atoms with van der Waals surface area (Å²) in [5, 5.41) is 9.82. The molecule has 0 fully saturated rings. The van der Waals surface area contributed by atoms with E-state index in [0.717, 1.165) is 0 Å². The summed E-state index contributed by atoms with van der Waals surface area (Å²) in [7, 11) is 0.841. The van der Waals surface area contributed by atoms with Crippen molar-refractivity contribution in [2.45, 2.75) is 31.0 Å². The molecule has 4 rings (SSSR count). The maximum absolute atomic E-state index is 13.6. The third kappa shape index (κ3) is 6.12. The largest absolute Gasteiger partial charge is 0.495 e. The number of amides is 1. The van der Waals surface area contributed by atoms with E-state index in [4.69, 9.17) is 9.47 Å². The Bertz CT molecular complexity index is 1540. The SMILES string of the molecule is COc1ccccc1C#Cc1cnc2c(c1)C(=O)N([C@H](C)CO)C[C@H](C)[C@H](CN(C)S(=O)(=O)c1cn(C)cn1)O2. The number of hydrogen-bond donors (Lipinski definition) is 1. The fraction of sp³-hybridized carbons (Fsp3) is 0.393. The lowest BCUT2D eigenvalue weighted by molar-refractivity contribution is 0.0373. The number of carbonyl (C=O) groups excluding carboxylic acids is 1. The molecule has 0 saturated heterocycles. The number of rotatable bonds is 7. The van der Waals surface area contributed by atoms with Gasteiger partial charge in [0.2, 0.25) is 5.88 Å². The molecule has 3 atom stereocenters. The first kappa shape index (κ1) is 29.1. The molecule has 1 N–H and O–H groups in total.